The average Bonchev–Trinajstić information content (AvgIpc) is 3.11. The SMILES string of the molecule is CC(C(=O)c1ccc(O)cc1)N1C[C@@H](CCCc2ccccc2)[C@@H](CO)C1. The summed E-state index contributed by atoms with van der Waals surface area (Å²) in [6, 6.07) is 16.7. The van der Waals surface area contributed by atoms with E-state index < -0.39 is 0 Å². The Morgan fingerprint density at radius 2 is 1.74 bits per heavy atom. The van der Waals surface area contributed by atoms with Gasteiger partial charge in [-0.2, -0.15) is 0 Å². The summed E-state index contributed by atoms with van der Waals surface area (Å²) in [5.74, 6) is 0.889. The van der Waals surface area contributed by atoms with Gasteiger partial charge in [-0.3, -0.25) is 9.69 Å². The highest BCUT2D eigenvalue weighted by Gasteiger charge is 2.36. The lowest BCUT2D eigenvalue weighted by atomic mass is 9.91. The standard InChI is InChI=1S/C23H29NO3/c1-17(23(27)19-10-12-22(26)13-11-19)24-14-20(21(15-24)16-25)9-5-8-18-6-3-2-4-7-18/h2-4,6-7,10-13,17,20-21,25-26H,5,8-9,14-16H2,1H3/t17?,20-,21-/m1/s1. The summed E-state index contributed by atoms with van der Waals surface area (Å²) in [4.78, 5) is 15.0. The molecule has 4 nitrogen and oxygen atoms in total. The molecule has 0 aliphatic carbocycles. The van der Waals surface area contributed by atoms with Gasteiger partial charge in [-0.1, -0.05) is 30.3 Å². The smallest absolute Gasteiger partial charge is 0.179 e. The fourth-order valence-corrected chi connectivity index (χ4v) is 4.07. The van der Waals surface area contributed by atoms with Crippen molar-refractivity contribution in [3.05, 3.63) is 65.7 Å². The first kappa shape index (κ1) is 19.6. The third-order valence-electron chi connectivity index (χ3n) is 5.80. The Hall–Kier alpha value is -2.17. The van der Waals surface area contributed by atoms with Gasteiger partial charge in [0.1, 0.15) is 5.75 Å². The topological polar surface area (TPSA) is 60.8 Å². The van der Waals surface area contributed by atoms with Crippen molar-refractivity contribution in [2.75, 3.05) is 19.7 Å². The van der Waals surface area contributed by atoms with Gasteiger partial charge < -0.3 is 10.2 Å². The molecule has 0 bridgehead atoms. The molecule has 3 atom stereocenters. The Labute approximate surface area is 161 Å². The molecule has 0 amide bonds. The van der Waals surface area contributed by atoms with Gasteiger partial charge in [0.15, 0.2) is 5.78 Å². The lowest BCUT2D eigenvalue weighted by Gasteiger charge is -2.23. The second-order valence-electron chi connectivity index (χ2n) is 7.62. The first-order chi connectivity index (χ1) is 13.1. The van der Waals surface area contributed by atoms with Crippen molar-refractivity contribution in [3.63, 3.8) is 0 Å². The number of aromatic hydroxyl groups is 1. The number of likely N-dealkylation sites (tertiary alicyclic amines) is 1. The quantitative estimate of drug-likeness (QED) is 0.701. The Kier molecular flexibility index (Phi) is 6.64. The molecular weight excluding hydrogens is 338 g/mol. The first-order valence-corrected chi connectivity index (χ1v) is 9.80. The molecule has 2 aromatic carbocycles. The number of hydrogen-bond donors (Lipinski definition) is 2. The molecule has 0 radical (unpaired) electrons. The van der Waals surface area contributed by atoms with Crippen molar-refractivity contribution >= 4 is 5.78 Å². The molecule has 0 saturated carbocycles. The van der Waals surface area contributed by atoms with E-state index in [1.165, 1.54) is 5.56 Å². The van der Waals surface area contributed by atoms with Crippen LogP contribution in [0, 0.1) is 11.8 Å². The molecular formula is C23H29NO3. The summed E-state index contributed by atoms with van der Waals surface area (Å²) in [5, 5.41) is 19.2. The molecule has 27 heavy (non-hydrogen) atoms. The monoisotopic (exact) mass is 367 g/mol. The number of carbonyl (C=O) groups excluding carboxylic acids is 1. The molecule has 0 spiro atoms. The highest BCUT2D eigenvalue weighted by Crippen LogP contribution is 2.30. The number of aliphatic hydroxyl groups excluding tert-OH is 1. The number of benzene rings is 2. The maximum Gasteiger partial charge on any atom is 0.179 e. The molecule has 144 valence electrons. The van der Waals surface area contributed by atoms with E-state index in [-0.39, 0.29) is 30.1 Å². The summed E-state index contributed by atoms with van der Waals surface area (Å²) in [6.07, 6.45) is 3.22. The zero-order valence-electron chi connectivity index (χ0n) is 15.9. The van der Waals surface area contributed by atoms with E-state index in [0.29, 0.717) is 11.5 Å². The third-order valence-corrected chi connectivity index (χ3v) is 5.80. The number of ketones is 1. The molecule has 1 heterocycles. The lowest BCUT2D eigenvalue weighted by Crippen LogP contribution is -2.37. The van der Waals surface area contributed by atoms with E-state index in [0.717, 1.165) is 32.4 Å². The van der Waals surface area contributed by atoms with Crippen LogP contribution in [-0.4, -0.2) is 46.6 Å². The van der Waals surface area contributed by atoms with Crippen LogP contribution in [-0.2, 0) is 6.42 Å². The minimum atomic E-state index is -0.220. The van der Waals surface area contributed by atoms with Crippen LogP contribution in [0.4, 0.5) is 0 Å². The minimum Gasteiger partial charge on any atom is -0.508 e. The number of aliphatic hydroxyl groups is 1. The van der Waals surface area contributed by atoms with Gasteiger partial charge in [-0.15, -0.1) is 0 Å². The molecule has 1 aliphatic heterocycles. The molecule has 4 heteroatoms. The highest BCUT2D eigenvalue weighted by molar-refractivity contribution is 5.99. The summed E-state index contributed by atoms with van der Waals surface area (Å²) in [7, 11) is 0. The minimum absolute atomic E-state index is 0.0663. The Balaban J connectivity index is 1.56. The first-order valence-electron chi connectivity index (χ1n) is 9.80. The van der Waals surface area contributed by atoms with Crippen LogP contribution in [0.1, 0.15) is 35.7 Å². The summed E-state index contributed by atoms with van der Waals surface area (Å²) in [5.41, 5.74) is 1.97. The molecule has 3 rings (SSSR count). The number of carbonyl (C=O) groups is 1. The molecule has 2 aromatic rings. The van der Waals surface area contributed by atoms with Crippen molar-refractivity contribution in [2.45, 2.75) is 32.2 Å². The van der Waals surface area contributed by atoms with Gasteiger partial charge in [0.05, 0.1) is 6.04 Å². The van der Waals surface area contributed by atoms with Crippen LogP contribution in [0.5, 0.6) is 5.75 Å². The predicted molar refractivity (Wildman–Crippen MR) is 107 cm³/mol. The van der Waals surface area contributed by atoms with Gasteiger partial charge in [-0.25, -0.2) is 0 Å². The zero-order valence-corrected chi connectivity index (χ0v) is 15.9. The summed E-state index contributed by atoms with van der Waals surface area (Å²) < 4.78 is 0. The summed E-state index contributed by atoms with van der Waals surface area (Å²) in [6.45, 7) is 3.73. The van der Waals surface area contributed by atoms with Crippen molar-refractivity contribution in [2.24, 2.45) is 11.8 Å². The van der Waals surface area contributed by atoms with Gasteiger partial charge in [0.25, 0.3) is 0 Å². The van der Waals surface area contributed by atoms with E-state index >= 15 is 0 Å². The zero-order chi connectivity index (χ0) is 19.2. The molecule has 1 unspecified atom stereocenters. The van der Waals surface area contributed by atoms with Crippen LogP contribution in [0.2, 0.25) is 0 Å². The average molecular weight is 367 g/mol. The molecule has 2 N–H and O–H groups in total. The maximum atomic E-state index is 12.8. The fraction of sp³-hybridized carbons (Fsp3) is 0.435. The van der Waals surface area contributed by atoms with Gasteiger partial charge in [-0.05, 0) is 67.9 Å². The number of nitrogens with zero attached hydrogens (tertiary/aromatic N) is 1. The second-order valence-corrected chi connectivity index (χ2v) is 7.62. The Morgan fingerprint density at radius 1 is 1.07 bits per heavy atom. The lowest BCUT2D eigenvalue weighted by molar-refractivity contribution is 0.0856. The van der Waals surface area contributed by atoms with Crippen molar-refractivity contribution in [1.82, 2.24) is 4.90 Å². The van der Waals surface area contributed by atoms with Crippen LogP contribution >= 0.6 is 0 Å². The Morgan fingerprint density at radius 3 is 2.41 bits per heavy atom. The highest BCUT2D eigenvalue weighted by atomic mass is 16.3. The van der Waals surface area contributed by atoms with Crippen molar-refractivity contribution < 1.29 is 15.0 Å². The molecule has 1 saturated heterocycles. The van der Waals surface area contributed by atoms with Crippen LogP contribution in [0.25, 0.3) is 0 Å². The van der Waals surface area contributed by atoms with Crippen molar-refractivity contribution in [1.29, 1.82) is 0 Å². The molecule has 1 fully saturated rings. The van der Waals surface area contributed by atoms with Crippen LogP contribution in [0.3, 0.4) is 0 Å². The van der Waals surface area contributed by atoms with E-state index in [1.807, 2.05) is 13.0 Å². The maximum absolute atomic E-state index is 12.8. The molecule has 1 aliphatic rings. The van der Waals surface area contributed by atoms with Gasteiger partial charge in [0, 0.05) is 25.3 Å². The second kappa shape index (κ2) is 9.16. The third kappa shape index (κ3) is 4.96. The van der Waals surface area contributed by atoms with E-state index in [2.05, 4.69) is 29.2 Å². The normalized spacial score (nSPS) is 21.3. The Bertz CT molecular complexity index is 729. The van der Waals surface area contributed by atoms with Crippen LogP contribution < -0.4 is 0 Å². The van der Waals surface area contributed by atoms with E-state index in [9.17, 15) is 15.0 Å². The predicted octanol–water partition coefficient (Wildman–Crippen LogP) is 3.53. The number of rotatable bonds is 8. The number of aryl methyl sites for hydroxylation is 1. The van der Waals surface area contributed by atoms with E-state index in [1.54, 1.807) is 24.3 Å². The molecule has 0 aromatic heterocycles. The number of hydrogen-bond acceptors (Lipinski definition) is 4. The number of phenolic OH excluding ortho intramolecular Hbond substituents is 1. The van der Waals surface area contributed by atoms with Gasteiger partial charge >= 0.3 is 0 Å². The van der Waals surface area contributed by atoms with Crippen LogP contribution in [0.15, 0.2) is 54.6 Å². The number of Topliss-reactive ketones (excluding diaryl/α,β-unsaturated/α-hetero) is 1. The van der Waals surface area contributed by atoms with E-state index in [4.69, 9.17) is 0 Å². The fourth-order valence-electron chi connectivity index (χ4n) is 4.07. The van der Waals surface area contributed by atoms with Gasteiger partial charge in [0.2, 0.25) is 0 Å². The van der Waals surface area contributed by atoms with Crippen molar-refractivity contribution in [3.8, 4) is 5.75 Å². The largest absolute Gasteiger partial charge is 0.508 e. The summed E-state index contributed by atoms with van der Waals surface area (Å²) >= 11 is 0. The number of phenols is 1.